The molecule has 0 spiro atoms. The molecule has 3 N–H and O–H groups in total. The van der Waals surface area contributed by atoms with Gasteiger partial charge < -0.3 is 15.5 Å². The van der Waals surface area contributed by atoms with Crippen LogP contribution >= 0.6 is 0 Å². The van der Waals surface area contributed by atoms with Gasteiger partial charge in [0.1, 0.15) is 12.1 Å². The Bertz CT molecular complexity index is 568. The van der Waals surface area contributed by atoms with Gasteiger partial charge in [-0.05, 0) is 6.42 Å². The minimum atomic E-state index is -0.814. The number of nitrogens with one attached hydrogen (secondary N) is 1. The van der Waals surface area contributed by atoms with Crippen molar-refractivity contribution in [1.82, 2.24) is 19.7 Å². The van der Waals surface area contributed by atoms with E-state index in [1.807, 2.05) is 0 Å². The first-order valence-electron chi connectivity index (χ1n) is 5.95. The molecule has 0 aliphatic carbocycles. The molecule has 0 aliphatic rings. The molecule has 0 atom stereocenters. The monoisotopic (exact) mass is 265 g/mol. The van der Waals surface area contributed by atoms with Crippen LogP contribution in [0.3, 0.4) is 0 Å². The molecule has 8 nitrogen and oxygen atoms in total. The highest BCUT2D eigenvalue weighted by Gasteiger charge is 2.09. The molecule has 0 unspecified atom stereocenters. The second-order valence-electron chi connectivity index (χ2n) is 3.97. The maximum atomic E-state index is 10.4. The fourth-order valence-corrected chi connectivity index (χ4v) is 1.74. The lowest BCUT2D eigenvalue weighted by molar-refractivity contribution is -0.137. The first-order chi connectivity index (χ1) is 9.22. The summed E-state index contributed by atoms with van der Waals surface area (Å²) in [5, 5.41) is 25.4. The number of carboxylic acids is 1. The van der Waals surface area contributed by atoms with E-state index >= 15 is 0 Å². The van der Waals surface area contributed by atoms with Gasteiger partial charge in [0, 0.05) is 13.0 Å². The van der Waals surface area contributed by atoms with Crippen LogP contribution in [0.15, 0.2) is 12.5 Å². The second kappa shape index (κ2) is 6.10. The zero-order chi connectivity index (χ0) is 13.7. The fourth-order valence-electron chi connectivity index (χ4n) is 1.74. The van der Waals surface area contributed by atoms with Crippen molar-refractivity contribution >= 4 is 22.8 Å². The summed E-state index contributed by atoms with van der Waals surface area (Å²) in [6.07, 6.45) is 3.68. The topological polar surface area (TPSA) is 113 Å². The van der Waals surface area contributed by atoms with Crippen LogP contribution in [0.1, 0.15) is 12.8 Å². The molecular weight excluding hydrogens is 250 g/mol. The van der Waals surface area contributed by atoms with E-state index < -0.39 is 5.97 Å². The first kappa shape index (κ1) is 13.2. The van der Waals surface area contributed by atoms with E-state index in [2.05, 4.69) is 20.4 Å². The predicted molar refractivity (Wildman–Crippen MR) is 67.8 cm³/mol. The van der Waals surface area contributed by atoms with E-state index in [0.29, 0.717) is 31.0 Å². The van der Waals surface area contributed by atoms with E-state index in [1.54, 1.807) is 10.9 Å². The zero-order valence-corrected chi connectivity index (χ0v) is 10.3. The van der Waals surface area contributed by atoms with Crippen molar-refractivity contribution in [3.05, 3.63) is 12.5 Å². The lowest BCUT2D eigenvalue weighted by Crippen LogP contribution is -2.07. The zero-order valence-electron chi connectivity index (χ0n) is 10.3. The summed E-state index contributed by atoms with van der Waals surface area (Å²) in [6, 6.07) is 0. The minimum absolute atomic E-state index is 0.0117. The smallest absolute Gasteiger partial charge is 0.303 e. The fraction of sp³-hybridized carbons (Fsp3) is 0.455. The Morgan fingerprint density at radius 2 is 2.26 bits per heavy atom. The summed E-state index contributed by atoms with van der Waals surface area (Å²) >= 11 is 0. The van der Waals surface area contributed by atoms with Gasteiger partial charge >= 0.3 is 5.97 Å². The average molecular weight is 265 g/mol. The summed E-state index contributed by atoms with van der Waals surface area (Å²) < 4.78 is 1.60. The summed E-state index contributed by atoms with van der Waals surface area (Å²) in [4.78, 5) is 18.6. The van der Waals surface area contributed by atoms with Crippen LogP contribution in [0.25, 0.3) is 11.0 Å². The molecular formula is C11H15N5O3. The molecule has 2 rings (SSSR count). The third-order valence-electron chi connectivity index (χ3n) is 2.61. The number of aromatic nitrogens is 4. The van der Waals surface area contributed by atoms with E-state index in [-0.39, 0.29) is 13.0 Å². The quantitative estimate of drug-likeness (QED) is 0.608. The number of hydrogen-bond donors (Lipinski definition) is 3. The third-order valence-corrected chi connectivity index (χ3v) is 2.61. The summed E-state index contributed by atoms with van der Waals surface area (Å²) in [5.74, 6) is -0.190. The van der Waals surface area contributed by atoms with Gasteiger partial charge in [-0.25, -0.2) is 14.6 Å². The number of aliphatic hydroxyl groups excluding tert-OH is 1. The number of fused-ring (bicyclic) bond motifs is 1. The average Bonchev–Trinajstić information content (AvgIpc) is 2.79. The molecule has 2 aromatic heterocycles. The minimum Gasteiger partial charge on any atom is -0.481 e. The Kier molecular flexibility index (Phi) is 4.24. The van der Waals surface area contributed by atoms with Gasteiger partial charge in [0.15, 0.2) is 5.65 Å². The number of hydrogen-bond acceptors (Lipinski definition) is 6. The lowest BCUT2D eigenvalue weighted by atomic mass is 10.3. The molecule has 0 amide bonds. The van der Waals surface area contributed by atoms with Crippen LogP contribution in [-0.2, 0) is 11.3 Å². The van der Waals surface area contributed by atoms with Crippen molar-refractivity contribution in [2.75, 3.05) is 18.5 Å². The number of carboxylic acid groups (broad SMARTS) is 1. The standard InChI is InChI=1S/C11H15N5O3/c17-5-4-16-11-8(6-15-16)10(13-7-14-11)12-3-1-2-9(18)19/h6-7,17H,1-5H2,(H,18,19)(H,12,13,14). The number of carbonyl (C=O) groups is 1. The maximum absolute atomic E-state index is 10.4. The van der Waals surface area contributed by atoms with Gasteiger partial charge in [0.05, 0.1) is 24.7 Å². The van der Waals surface area contributed by atoms with Crippen LogP contribution in [-0.4, -0.2) is 49.1 Å². The van der Waals surface area contributed by atoms with Gasteiger partial charge in [-0.3, -0.25) is 4.79 Å². The highest BCUT2D eigenvalue weighted by Crippen LogP contribution is 2.18. The number of aliphatic hydroxyl groups is 1. The molecule has 2 aromatic rings. The Labute approximate surface area is 109 Å². The van der Waals surface area contributed by atoms with Gasteiger partial charge in [-0.15, -0.1) is 0 Å². The van der Waals surface area contributed by atoms with E-state index in [9.17, 15) is 4.79 Å². The summed E-state index contributed by atoms with van der Waals surface area (Å²) in [5.41, 5.74) is 0.643. The lowest BCUT2D eigenvalue weighted by Gasteiger charge is -2.05. The molecule has 0 radical (unpaired) electrons. The van der Waals surface area contributed by atoms with Crippen molar-refractivity contribution in [1.29, 1.82) is 0 Å². The maximum Gasteiger partial charge on any atom is 0.303 e. The highest BCUT2D eigenvalue weighted by molar-refractivity contribution is 5.86. The molecule has 0 aliphatic heterocycles. The van der Waals surface area contributed by atoms with Crippen LogP contribution < -0.4 is 5.32 Å². The van der Waals surface area contributed by atoms with Gasteiger partial charge in [-0.2, -0.15) is 5.10 Å². The third kappa shape index (κ3) is 3.16. The Morgan fingerprint density at radius 3 is 3.00 bits per heavy atom. The van der Waals surface area contributed by atoms with Crippen molar-refractivity contribution < 1.29 is 15.0 Å². The second-order valence-corrected chi connectivity index (χ2v) is 3.97. The highest BCUT2D eigenvalue weighted by atomic mass is 16.4. The summed E-state index contributed by atoms with van der Waals surface area (Å²) in [7, 11) is 0. The predicted octanol–water partition coefficient (Wildman–Crippen LogP) is 0.0953. The van der Waals surface area contributed by atoms with Gasteiger partial charge in [-0.1, -0.05) is 0 Å². The van der Waals surface area contributed by atoms with Crippen LogP contribution in [0.2, 0.25) is 0 Å². The van der Waals surface area contributed by atoms with Crippen LogP contribution in [0, 0.1) is 0 Å². The van der Waals surface area contributed by atoms with Gasteiger partial charge in [0.2, 0.25) is 0 Å². The number of rotatable bonds is 7. The van der Waals surface area contributed by atoms with E-state index in [0.717, 1.165) is 5.39 Å². The Hall–Kier alpha value is -2.22. The van der Waals surface area contributed by atoms with Crippen molar-refractivity contribution in [2.45, 2.75) is 19.4 Å². The molecule has 19 heavy (non-hydrogen) atoms. The first-order valence-corrected chi connectivity index (χ1v) is 5.95. The van der Waals surface area contributed by atoms with Gasteiger partial charge in [0.25, 0.3) is 0 Å². The van der Waals surface area contributed by atoms with Crippen molar-refractivity contribution in [2.24, 2.45) is 0 Å². The molecule has 0 aromatic carbocycles. The Balaban J connectivity index is 2.08. The number of anilines is 1. The normalized spacial score (nSPS) is 10.8. The molecule has 102 valence electrons. The summed E-state index contributed by atoms with van der Waals surface area (Å²) in [6.45, 7) is 0.880. The molecule has 8 heteroatoms. The number of nitrogens with zero attached hydrogens (tertiary/aromatic N) is 4. The molecule has 0 saturated carbocycles. The SMILES string of the molecule is O=C(O)CCCNc1ncnc2c1cnn2CCO. The van der Waals surface area contributed by atoms with Crippen molar-refractivity contribution in [3.8, 4) is 0 Å². The number of aliphatic carboxylic acids is 1. The molecule has 2 heterocycles. The molecule has 0 bridgehead atoms. The Morgan fingerprint density at radius 1 is 1.42 bits per heavy atom. The molecule has 0 saturated heterocycles. The van der Waals surface area contributed by atoms with Crippen LogP contribution in [0.5, 0.6) is 0 Å². The van der Waals surface area contributed by atoms with E-state index in [1.165, 1.54) is 6.33 Å². The van der Waals surface area contributed by atoms with E-state index in [4.69, 9.17) is 10.2 Å². The van der Waals surface area contributed by atoms with Crippen molar-refractivity contribution in [3.63, 3.8) is 0 Å². The largest absolute Gasteiger partial charge is 0.481 e. The van der Waals surface area contributed by atoms with Crippen LogP contribution in [0.4, 0.5) is 5.82 Å². The molecule has 0 fully saturated rings.